The minimum absolute atomic E-state index is 0.636. The summed E-state index contributed by atoms with van der Waals surface area (Å²) in [6, 6.07) is 6.55. The van der Waals surface area contributed by atoms with Crippen molar-refractivity contribution < 1.29 is 0 Å². The Morgan fingerprint density at radius 3 is 2.50 bits per heavy atom. The number of hydrogen-bond acceptors (Lipinski definition) is 2. The number of thioether (sulfide) groups is 1. The second-order valence-corrected chi connectivity index (χ2v) is 6.64. The van der Waals surface area contributed by atoms with Crippen LogP contribution in [-0.2, 0) is 6.42 Å². The molecular weight excluding hydrogens is 282 g/mol. The molecule has 0 aliphatic heterocycles. The van der Waals surface area contributed by atoms with Crippen LogP contribution in [0.4, 0.5) is 0 Å². The van der Waals surface area contributed by atoms with Crippen molar-refractivity contribution in [2.75, 3.05) is 6.54 Å². The molecule has 0 fully saturated rings. The van der Waals surface area contributed by atoms with Crippen molar-refractivity contribution in [1.29, 1.82) is 0 Å². The van der Waals surface area contributed by atoms with Gasteiger partial charge in [0.25, 0.3) is 0 Å². The first-order valence-electron chi connectivity index (χ1n) is 5.69. The van der Waals surface area contributed by atoms with Crippen molar-refractivity contribution >= 4 is 27.7 Å². The first-order chi connectivity index (χ1) is 7.54. The van der Waals surface area contributed by atoms with Crippen LogP contribution in [0.5, 0.6) is 0 Å². The minimum Gasteiger partial charge on any atom is -0.330 e. The molecule has 0 aromatic heterocycles. The number of halogens is 1. The van der Waals surface area contributed by atoms with E-state index in [0.29, 0.717) is 17.7 Å². The molecule has 90 valence electrons. The third-order valence-electron chi connectivity index (χ3n) is 2.68. The van der Waals surface area contributed by atoms with Gasteiger partial charge in [-0.25, -0.2) is 0 Å². The van der Waals surface area contributed by atoms with Gasteiger partial charge in [-0.15, -0.1) is 11.8 Å². The molecule has 2 N–H and O–H groups in total. The maximum absolute atomic E-state index is 5.55. The zero-order chi connectivity index (χ0) is 12.1. The Balaban J connectivity index is 2.75. The Labute approximate surface area is 111 Å². The van der Waals surface area contributed by atoms with E-state index in [1.54, 1.807) is 0 Å². The Morgan fingerprint density at radius 1 is 1.31 bits per heavy atom. The zero-order valence-electron chi connectivity index (χ0n) is 10.2. The molecular formula is C13H20BrNS. The van der Waals surface area contributed by atoms with Gasteiger partial charge < -0.3 is 5.73 Å². The fraction of sp³-hybridized carbons (Fsp3) is 0.538. The van der Waals surface area contributed by atoms with Crippen molar-refractivity contribution in [1.82, 2.24) is 0 Å². The van der Waals surface area contributed by atoms with E-state index in [-0.39, 0.29) is 0 Å². The molecule has 1 unspecified atom stereocenters. The summed E-state index contributed by atoms with van der Waals surface area (Å²) < 4.78 is 1.19. The molecule has 0 radical (unpaired) electrons. The number of hydrogen-bond donors (Lipinski definition) is 1. The second-order valence-electron chi connectivity index (χ2n) is 4.37. The van der Waals surface area contributed by atoms with E-state index in [1.807, 2.05) is 11.8 Å². The largest absolute Gasteiger partial charge is 0.330 e. The lowest BCUT2D eigenvalue weighted by Gasteiger charge is -2.16. The van der Waals surface area contributed by atoms with E-state index in [9.17, 15) is 0 Å². The molecule has 3 heteroatoms. The van der Waals surface area contributed by atoms with Crippen molar-refractivity contribution in [3.63, 3.8) is 0 Å². The summed E-state index contributed by atoms with van der Waals surface area (Å²) >= 11 is 5.56. The third kappa shape index (κ3) is 4.11. The Bertz CT molecular complexity index is 339. The summed E-state index contributed by atoms with van der Waals surface area (Å²) in [4.78, 5) is 1.32. The van der Waals surface area contributed by atoms with Crippen LogP contribution < -0.4 is 5.73 Å². The van der Waals surface area contributed by atoms with Gasteiger partial charge in [-0.2, -0.15) is 0 Å². The fourth-order valence-corrected chi connectivity index (χ4v) is 3.00. The van der Waals surface area contributed by atoms with E-state index in [4.69, 9.17) is 5.73 Å². The molecule has 0 spiro atoms. The van der Waals surface area contributed by atoms with E-state index >= 15 is 0 Å². The summed E-state index contributed by atoms with van der Waals surface area (Å²) in [5, 5.41) is 0.636. The molecule has 16 heavy (non-hydrogen) atoms. The van der Waals surface area contributed by atoms with Gasteiger partial charge in [-0.3, -0.25) is 0 Å². The SMILES string of the molecule is CC(C)C(C)Sc1ccc(CCN)cc1Br. The first kappa shape index (κ1) is 14.1. The molecule has 1 aromatic carbocycles. The maximum atomic E-state index is 5.55. The maximum Gasteiger partial charge on any atom is 0.0314 e. The average Bonchev–Trinajstić information content (AvgIpc) is 2.22. The smallest absolute Gasteiger partial charge is 0.0314 e. The van der Waals surface area contributed by atoms with Gasteiger partial charge in [0, 0.05) is 14.6 Å². The van der Waals surface area contributed by atoms with Crippen LogP contribution in [0, 0.1) is 5.92 Å². The van der Waals surface area contributed by atoms with Gasteiger partial charge in [0.2, 0.25) is 0 Å². The van der Waals surface area contributed by atoms with E-state index in [0.717, 1.165) is 6.42 Å². The first-order valence-corrected chi connectivity index (χ1v) is 7.37. The molecule has 0 saturated heterocycles. The lowest BCUT2D eigenvalue weighted by Crippen LogP contribution is -2.05. The van der Waals surface area contributed by atoms with Crippen LogP contribution in [0.1, 0.15) is 26.3 Å². The number of nitrogens with two attached hydrogens (primary N) is 1. The summed E-state index contributed by atoms with van der Waals surface area (Å²) in [6.45, 7) is 7.50. The molecule has 0 heterocycles. The summed E-state index contributed by atoms with van der Waals surface area (Å²) in [7, 11) is 0. The van der Waals surface area contributed by atoms with Crippen LogP contribution in [-0.4, -0.2) is 11.8 Å². The molecule has 0 amide bonds. The topological polar surface area (TPSA) is 26.0 Å². The number of benzene rings is 1. The molecule has 1 rings (SSSR count). The highest BCUT2D eigenvalue weighted by Gasteiger charge is 2.11. The molecule has 0 bridgehead atoms. The second kappa shape index (κ2) is 6.67. The number of rotatable bonds is 5. The summed E-state index contributed by atoms with van der Waals surface area (Å²) in [6.07, 6.45) is 0.948. The molecule has 1 nitrogen and oxygen atoms in total. The highest BCUT2D eigenvalue weighted by Crippen LogP contribution is 2.33. The minimum atomic E-state index is 0.636. The Morgan fingerprint density at radius 2 is 2.00 bits per heavy atom. The fourth-order valence-electron chi connectivity index (χ4n) is 1.30. The van der Waals surface area contributed by atoms with Crippen LogP contribution >= 0.6 is 27.7 Å². The van der Waals surface area contributed by atoms with Gasteiger partial charge in [0.05, 0.1) is 0 Å². The highest BCUT2D eigenvalue weighted by molar-refractivity contribution is 9.10. The van der Waals surface area contributed by atoms with Crippen molar-refractivity contribution in [2.45, 2.75) is 37.3 Å². The monoisotopic (exact) mass is 301 g/mol. The summed E-state index contributed by atoms with van der Waals surface area (Å²) in [5.74, 6) is 0.695. The molecule has 1 atom stereocenters. The molecule has 0 aliphatic carbocycles. The normalized spacial score (nSPS) is 13.1. The lowest BCUT2D eigenvalue weighted by atomic mass is 10.1. The highest BCUT2D eigenvalue weighted by atomic mass is 79.9. The standard InChI is InChI=1S/C13H20BrNS/c1-9(2)10(3)16-13-5-4-11(6-7-15)8-12(13)14/h4-5,8-10H,6-7,15H2,1-3H3. The average molecular weight is 302 g/mol. The van der Waals surface area contributed by atoms with Crippen LogP contribution in [0.3, 0.4) is 0 Å². The van der Waals surface area contributed by atoms with Crippen molar-refractivity contribution in [2.24, 2.45) is 11.7 Å². The summed E-state index contributed by atoms with van der Waals surface area (Å²) in [5.41, 5.74) is 6.85. The van der Waals surface area contributed by atoms with Gasteiger partial charge in [-0.1, -0.05) is 26.8 Å². The molecule has 0 aliphatic rings. The Hall–Kier alpha value is 0.01000. The van der Waals surface area contributed by atoms with E-state index < -0.39 is 0 Å². The van der Waals surface area contributed by atoms with Crippen molar-refractivity contribution in [3.8, 4) is 0 Å². The predicted molar refractivity (Wildman–Crippen MR) is 77.1 cm³/mol. The third-order valence-corrected chi connectivity index (χ3v) is 5.13. The van der Waals surface area contributed by atoms with Gasteiger partial charge in [0.1, 0.15) is 0 Å². The molecule has 0 saturated carbocycles. The zero-order valence-corrected chi connectivity index (χ0v) is 12.6. The molecule has 1 aromatic rings. The van der Waals surface area contributed by atoms with Gasteiger partial charge >= 0.3 is 0 Å². The van der Waals surface area contributed by atoms with Crippen LogP contribution in [0.15, 0.2) is 27.6 Å². The quantitative estimate of drug-likeness (QED) is 0.829. The van der Waals surface area contributed by atoms with Gasteiger partial charge in [0.15, 0.2) is 0 Å². The predicted octanol–water partition coefficient (Wildman–Crippen LogP) is 4.09. The van der Waals surface area contributed by atoms with Crippen LogP contribution in [0.25, 0.3) is 0 Å². The Kier molecular flexibility index (Phi) is 5.87. The van der Waals surface area contributed by atoms with Crippen LogP contribution in [0.2, 0.25) is 0 Å². The van der Waals surface area contributed by atoms with E-state index in [2.05, 4.69) is 54.9 Å². The lowest BCUT2D eigenvalue weighted by molar-refractivity contribution is 0.642. The van der Waals surface area contributed by atoms with Crippen molar-refractivity contribution in [3.05, 3.63) is 28.2 Å². The van der Waals surface area contributed by atoms with E-state index in [1.165, 1.54) is 14.9 Å². The van der Waals surface area contributed by atoms with Gasteiger partial charge in [-0.05, 0) is 52.5 Å².